The van der Waals surface area contributed by atoms with Crippen molar-refractivity contribution in [2.24, 2.45) is 5.92 Å². The fraction of sp³-hybridized carbons (Fsp3) is 0.267. The third-order valence-corrected chi connectivity index (χ3v) is 6.81. The number of carbonyl (C=O) groups is 1. The van der Waals surface area contributed by atoms with E-state index in [9.17, 15) is 9.18 Å². The Morgan fingerprint density at radius 2 is 1.64 bits per heavy atom. The van der Waals surface area contributed by atoms with Gasteiger partial charge in [0.25, 0.3) is 0 Å². The number of imidazole rings is 1. The van der Waals surface area contributed by atoms with Crippen molar-refractivity contribution >= 4 is 17.4 Å². The lowest BCUT2D eigenvalue weighted by Gasteiger charge is -2.33. The van der Waals surface area contributed by atoms with Crippen LogP contribution in [0.15, 0.2) is 78.9 Å². The van der Waals surface area contributed by atoms with Crippen LogP contribution in [0.2, 0.25) is 0 Å². The van der Waals surface area contributed by atoms with Gasteiger partial charge in [0.2, 0.25) is 5.91 Å². The van der Waals surface area contributed by atoms with Crippen LogP contribution < -0.4 is 5.32 Å². The van der Waals surface area contributed by atoms with Crippen molar-refractivity contribution in [2.75, 3.05) is 11.9 Å². The van der Waals surface area contributed by atoms with Crippen molar-refractivity contribution in [1.82, 2.24) is 14.5 Å². The normalized spacial score (nSPS) is 14.0. The van der Waals surface area contributed by atoms with Crippen molar-refractivity contribution in [3.8, 4) is 11.3 Å². The number of benzene rings is 3. The summed E-state index contributed by atoms with van der Waals surface area (Å²) < 4.78 is 15.8. The molecule has 0 fully saturated rings. The first-order chi connectivity index (χ1) is 17.4. The molecule has 1 N–H and O–H groups in total. The highest BCUT2D eigenvalue weighted by molar-refractivity contribution is 5.84. The molecule has 5 rings (SSSR count). The summed E-state index contributed by atoms with van der Waals surface area (Å²) in [5.41, 5.74) is 4.76. The van der Waals surface area contributed by atoms with Gasteiger partial charge >= 0.3 is 0 Å². The number of carbonyl (C=O) groups excluding carboxylic acids is 1. The zero-order valence-corrected chi connectivity index (χ0v) is 20.9. The smallest absolute Gasteiger partial charge is 0.230 e. The summed E-state index contributed by atoms with van der Waals surface area (Å²) in [7, 11) is 0. The molecule has 2 heterocycles. The highest BCUT2D eigenvalue weighted by Gasteiger charge is 2.32. The maximum absolute atomic E-state index is 13.7. The number of nitrogens with one attached hydrogen (secondary N) is 1. The van der Waals surface area contributed by atoms with Crippen LogP contribution in [0, 0.1) is 18.7 Å². The summed E-state index contributed by atoms with van der Waals surface area (Å²) in [6.07, 6.45) is 0. The molecule has 1 unspecified atom stereocenters. The fourth-order valence-electron chi connectivity index (χ4n) is 4.90. The van der Waals surface area contributed by atoms with Gasteiger partial charge in [-0.2, -0.15) is 0 Å². The van der Waals surface area contributed by atoms with E-state index in [1.165, 1.54) is 17.7 Å². The summed E-state index contributed by atoms with van der Waals surface area (Å²) in [6, 6.07) is 24.6. The summed E-state index contributed by atoms with van der Waals surface area (Å²) in [5.74, 6) is 1.50. The van der Waals surface area contributed by atoms with Crippen LogP contribution in [0.1, 0.15) is 36.7 Å². The van der Waals surface area contributed by atoms with E-state index in [1.54, 1.807) is 12.1 Å². The molecule has 4 aromatic rings. The van der Waals surface area contributed by atoms with Gasteiger partial charge in [0, 0.05) is 24.3 Å². The Hall–Kier alpha value is -3.93. The van der Waals surface area contributed by atoms with Gasteiger partial charge in [-0.25, -0.2) is 9.37 Å². The first-order valence-electron chi connectivity index (χ1n) is 12.4. The van der Waals surface area contributed by atoms with Gasteiger partial charge in [-0.1, -0.05) is 61.9 Å². The third kappa shape index (κ3) is 4.76. The Morgan fingerprint density at radius 1 is 0.944 bits per heavy atom. The molecule has 0 spiro atoms. The molecule has 6 heteroatoms. The van der Waals surface area contributed by atoms with E-state index in [0.717, 1.165) is 34.2 Å². The van der Waals surface area contributed by atoms with E-state index in [2.05, 4.69) is 42.8 Å². The molecule has 0 aliphatic carbocycles. The number of nitrogens with zero attached hydrogens (tertiary/aromatic N) is 3. The van der Waals surface area contributed by atoms with Crippen molar-refractivity contribution in [1.29, 1.82) is 0 Å². The molecule has 3 aromatic carbocycles. The highest BCUT2D eigenvalue weighted by Crippen LogP contribution is 2.35. The molecule has 0 bridgehead atoms. The molecular weight excluding hydrogens is 451 g/mol. The average molecular weight is 483 g/mol. The van der Waals surface area contributed by atoms with Crippen molar-refractivity contribution in [3.05, 3.63) is 102 Å². The van der Waals surface area contributed by atoms with Crippen LogP contribution in [-0.4, -0.2) is 26.9 Å². The maximum Gasteiger partial charge on any atom is 0.230 e. The SMILES string of the molecule is Cc1ccc(Nc2c(-c3ccc(F)cc3)nc3n2CCN(C(=O)C(c2ccccc2)C(C)C)C3)cc1. The molecule has 1 atom stereocenters. The standard InChI is InChI=1S/C30H31FN4O/c1-20(2)27(22-7-5-4-6-8-22)30(36)34-17-18-35-26(19-34)33-28(23-11-13-24(31)14-12-23)29(35)32-25-15-9-21(3)10-16-25/h4-16,20,27,32H,17-19H2,1-3H3. The second-order valence-corrected chi connectivity index (χ2v) is 9.77. The number of aromatic nitrogens is 2. The summed E-state index contributed by atoms with van der Waals surface area (Å²) in [4.78, 5) is 20.6. The van der Waals surface area contributed by atoms with Crippen LogP contribution >= 0.6 is 0 Å². The number of anilines is 2. The quantitative estimate of drug-likeness (QED) is 0.340. The zero-order chi connectivity index (χ0) is 25.2. The number of fused-ring (bicyclic) bond motifs is 1. The maximum atomic E-state index is 13.7. The van der Waals surface area contributed by atoms with Crippen LogP contribution in [-0.2, 0) is 17.9 Å². The minimum Gasteiger partial charge on any atom is -0.340 e. The van der Waals surface area contributed by atoms with Crippen molar-refractivity contribution < 1.29 is 9.18 Å². The van der Waals surface area contributed by atoms with E-state index in [0.29, 0.717) is 19.6 Å². The second kappa shape index (κ2) is 9.97. The van der Waals surface area contributed by atoms with E-state index in [4.69, 9.17) is 4.98 Å². The molecule has 1 amide bonds. The van der Waals surface area contributed by atoms with E-state index in [1.807, 2.05) is 47.4 Å². The molecule has 36 heavy (non-hydrogen) atoms. The predicted molar refractivity (Wildman–Crippen MR) is 142 cm³/mol. The number of hydrogen-bond donors (Lipinski definition) is 1. The average Bonchev–Trinajstić information content (AvgIpc) is 3.23. The molecule has 0 radical (unpaired) electrons. The van der Waals surface area contributed by atoms with E-state index < -0.39 is 0 Å². The lowest BCUT2D eigenvalue weighted by atomic mass is 9.87. The molecule has 5 nitrogen and oxygen atoms in total. The van der Waals surface area contributed by atoms with Gasteiger partial charge in [-0.3, -0.25) is 4.79 Å². The number of amides is 1. The lowest BCUT2D eigenvalue weighted by Crippen LogP contribution is -2.42. The Labute approximate surface area is 211 Å². The van der Waals surface area contributed by atoms with Crippen LogP contribution in [0.3, 0.4) is 0 Å². The fourth-order valence-corrected chi connectivity index (χ4v) is 4.90. The Morgan fingerprint density at radius 3 is 2.31 bits per heavy atom. The highest BCUT2D eigenvalue weighted by atomic mass is 19.1. The van der Waals surface area contributed by atoms with Gasteiger partial charge in [0.1, 0.15) is 23.2 Å². The molecule has 0 saturated heterocycles. The van der Waals surface area contributed by atoms with Crippen LogP contribution in [0.25, 0.3) is 11.3 Å². The molecule has 1 aliphatic rings. The van der Waals surface area contributed by atoms with Gasteiger partial charge in [0.05, 0.1) is 12.5 Å². The van der Waals surface area contributed by atoms with E-state index in [-0.39, 0.29) is 23.6 Å². The zero-order valence-electron chi connectivity index (χ0n) is 20.9. The van der Waals surface area contributed by atoms with Crippen molar-refractivity contribution in [3.63, 3.8) is 0 Å². The first-order valence-corrected chi connectivity index (χ1v) is 12.4. The Bertz CT molecular complexity index is 1340. The third-order valence-electron chi connectivity index (χ3n) is 6.81. The van der Waals surface area contributed by atoms with Gasteiger partial charge in [-0.15, -0.1) is 0 Å². The Kier molecular flexibility index (Phi) is 6.59. The topological polar surface area (TPSA) is 50.2 Å². The second-order valence-electron chi connectivity index (χ2n) is 9.77. The van der Waals surface area contributed by atoms with Gasteiger partial charge < -0.3 is 14.8 Å². The van der Waals surface area contributed by atoms with Gasteiger partial charge in [-0.05, 0) is 54.8 Å². The number of halogens is 1. The van der Waals surface area contributed by atoms with Crippen LogP contribution in [0.4, 0.5) is 15.9 Å². The number of hydrogen-bond acceptors (Lipinski definition) is 3. The van der Waals surface area contributed by atoms with Gasteiger partial charge in [0.15, 0.2) is 0 Å². The minimum atomic E-state index is -0.284. The first kappa shape index (κ1) is 23.8. The van der Waals surface area contributed by atoms with Crippen LogP contribution in [0.5, 0.6) is 0 Å². The minimum absolute atomic E-state index is 0.127. The molecule has 1 aliphatic heterocycles. The molecule has 1 aromatic heterocycles. The summed E-state index contributed by atoms with van der Waals surface area (Å²) in [6.45, 7) is 7.90. The largest absolute Gasteiger partial charge is 0.340 e. The van der Waals surface area contributed by atoms with E-state index >= 15 is 0 Å². The Balaban J connectivity index is 1.49. The predicted octanol–water partition coefficient (Wildman–Crippen LogP) is 6.52. The monoisotopic (exact) mass is 482 g/mol. The number of aryl methyl sites for hydroxylation is 1. The lowest BCUT2D eigenvalue weighted by molar-refractivity contribution is -0.135. The molecular formula is C30H31FN4O. The summed E-state index contributed by atoms with van der Waals surface area (Å²) in [5, 5.41) is 3.54. The van der Waals surface area contributed by atoms with Crippen molar-refractivity contribution in [2.45, 2.75) is 39.8 Å². The summed E-state index contributed by atoms with van der Waals surface area (Å²) >= 11 is 0. The molecule has 184 valence electrons. The molecule has 0 saturated carbocycles. The number of rotatable bonds is 6.